The number of benzene rings is 3. The van der Waals surface area contributed by atoms with Crippen molar-refractivity contribution in [1.82, 2.24) is 0 Å². The molecule has 2 nitrogen and oxygen atoms in total. The predicted octanol–water partition coefficient (Wildman–Crippen LogP) is 4.95. The summed E-state index contributed by atoms with van der Waals surface area (Å²) in [6.45, 7) is 0. The van der Waals surface area contributed by atoms with Crippen molar-refractivity contribution in [3.05, 3.63) is 95.6 Å². The Morgan fingerprint density at radius 1 is 0.750 bits per heavy atom. The highest BCUT2D eigenvalue weighted by molar-refractivity contribution is 6.08. The number of hydrogen-bond acceptors (Lipinski definition) is 2. The Hall–Kier alpha value is -3.26. The van der Waals surface area contributed by atoms with E-state index in [4.69, 9.17) is 0 Å². The highest BCUT2D eigenvalue weighted by Crippen LogP contribution is 2.17. The lowest BCUT2D eigenvalue weighted by molar-refractivity contribution is -0.104. The van der Waals surface area contributed by atoms with Crippen LogP contribution in [0.1, 0.15) is 21.5 Å². The van der Waals surface area contributed by atoms with Crippen LogP contribution in [0.15, 0.2) is 78.9 Å². The zero-order valence-electron chi connectivity index (χ0n) is 13.1. The van der Waals surface area contributed by atoms with Gasteiger partial charge in [0.15, 0.2) is 5.78 Å². The maximum atomic E-state index is 12.4. The van der Waals surface area contributed by atoms with Crippen LogP contribution in [0.25, 0.3) is 22.9 Å². The van der Waals surface area contributed by atoms with Crippen molar-refractivity contribution in [2.75, 3.05) is 0 Å². The van der Waals surface area contributed by atoms with Gasteiger partial charge in [-0.3, -0.25) is 9.59 Å². The standard InChI is InChI=1S/C22H16O2/c23-15-5-10-17-6-1-2-7-18(17)13-14-22(24)21-12-11-19-8-3-4-9-20(19)16-21/h1-16H/b10-5+,14-13+. The maximum absolute atomic E-state index is 12.4. The normalized spacial score (nSPS) is 11.3. The Balaban J connectivity index is 1.87. The molecule has 0 bridgehead atoms. The first-order valence-electron chi connectivity index (χ1n) is 7.70. The molecule has 0 fully saturated rings. The van der Waals surface area contributed by atoms with Crippen LogP contribution < -0.4 is 0 Å². The summed E-state index contributed by atoms with van der Waals surface area (Å²) in [4.78, 5) is 22.9. The molecule has 0 aliphatic rings. The molecule has 0 aliphatic carbocycles. The second-order valence-corrected chi connectivity index (χ2v) is 5.38. The molecule has 24 heavy (non-hydrogen) atoms. The van der Waals surface area contributed by atoms with Crippen LogP contribution in [0.5, 0.6) is 0 Å². The lowest BCUT2D eigenvalue weighted by Crippen LogP contribution is -1.94. The van der Waals surface area contributed by atoms with Crippen molar-refractivity contribution < 1.29 is 9.59 Å². The lowest BCUT2D eigenvalue weighted by atomic mass is 10.0. The maximum Gasteiger partial charge on any atom is 0.185 e. The first-order valence-corrected chi connectivity index (χ1v) is 7.70. The van der Waals surface area contributed by atoms with E-state index >= 15 is 0 Å². The SMILES string of the molecule is O=C/C=C/c1ccccc1/C=C/C(=O)c1ccc2ccccc2c1. The Morgan fingerprint density at radius 3 is 2.17 bits per heavy atom. The number of rotatable bonds is 5. The van der Waals surface area contributed by atoms with E-state index in [0.29, 0.717) is 5.56 Å². The number of carbonyl (C=O) groups is 2. The van der Waals surface area contributed by atoms with Gasteiger partial charge in [-0.15, -0.1) is 0 Å². The molecular weight excluding hydrogens is 296 g/mol. The Labute approximate surface area is 140 Å². The van der Waals surface area contributed by atoms with E-state index < -0.39 is 0 Å². The van der Waals surface area contributed by atoms with E-state index in [0.717, 1.165) is 28.2 Å². The van der Waals surface area contributed by atoms with Crippen LogP contribution >= 0.6 is 0 Å². The van der Waals surface area contributed by atoms with Crippen LogP contribution in [-0.4, -0.2) is 12.1 Å². The molecular formula is C22H16O2. The second-order valence-electron chi connectivity index (χ2n) is 5.38. The first-order chi connectivity index (χ1) is 11.8. The average Bonchev–Trinajstić information content (AvgIpc) is 2.64. The number of carbonyl (C=O) groups excluding carboxylic acids is 2. The minimum atomic E-state index is -0.0464. The summed E-state index contributed by atoms with van der Waals surface area (Å²) >= 11 is 0. The number of allylic oxidation sites excluding steroid dienone is 2. The van der Waals surface area contributed by atoms with Gasteiger partial charge in [0.2, 0.25) is 0 Å². The van der Waals surface area contributed by atoms with Crippen LogP contribution in [0, 0.1) is 0 Å². The Morgan fingerprint density at radius 2 is 1.42 bits per heavy atom. The van der Waals surface area contributed by atoms with E-state index in [1.54, 1.807) is 18.2 Å². The van der Waals surface area contributed by atoms with Gasteiger partial charge in [0, 0.05) is 5.56 Å². The molecule has 0 aromatic heterocycles. The van der Waals surface area contributed by atoms with Gasteiger partial charge in [0.1, 0.15) is 6.29 Å². The molecule has 0 radical (unpaired) electrons. The van der Waals surface area contributed by atoms with Gasteiger partial charge in [0.25, 0.3) is 0 Å². The molecule has 2 heteroatoms. The average molecular weight is 312 g/mol. The van der Waals surface area contributed by atoms with Gasteiger partial charge in [-0.05, 0) is 40.1 Å². The third-order valence-electron chi connectivity index (χ3n) is 3.80. The summed E-state index contributed by atoms with van der Waals surface area (Å²) < 4.78 is 0. The zero-order valence-corrected chi connectivity index (χ0v) is 13.1. The van der Waals surface area contributed by atoms with E-state index in [2.05, 4.69) is 0 Å². The summed E-state index contributed by atoms with van der Waals surface area (Å²) in [5.41, 5.74) is 2.45. The van der Waals surface area contributed by atoms with Gasteiger partial charge in [0.05, 0.1) is 0 Å². The zero-order chi connectivity index (χ0) is 16.8. The molecule has 0 N–H and O–H groups in total. The molecule has 0 saturated carbocycles. The lowest BCUT2D eigenvalue weighted by Gasteiger charge is -2.02. The first kappa shape index (κ1) is 15.6. The molecule has 0 saturated heterocycles. The largest absolute Gasteiger partial charge is 0.299 e. The topological polar surface area (TPSA) is 34.1 Å². The summed E-state index contributed by atoms with van der Waals surface area (Å²) in [6, 6.07) is 21.3. The van der Waals surface area contributed by atoms with Gasteiger partial charge in [-0.2, -0.15) is 0 Å². The third-order valence-corrected chi connectivity index (χ3v) is 3.80. The second kappa shape index (κ2) is 7.34. The van der Waals surface area contributed by atoms with Crippen molar-refractivity contribution >= 4 is 35.0 Å². The fourth-order valence-electron chi connectivity index (χ4n) is 2.56. The van der Waals surface area contributed by atoms with Crippen molar-refractivity contribution in [2.45, 2.75) is 0 Å². The molecule has 3 aromatic carbocycles. The quantitative estimate of drug-likeness (QED) is 0.379. The fourth-order valence-corrected chi connectivity index (χ4v) is 2.56. The molecule has 0 amide bonds. The van der Waals surface area contributed by atoms with Crippen molar-refractivity contribution in [3.8, 4) is 0 Å². The summed E-state index contributed by atoms with van der Waals surface area (Å²) in [5, 5.41) is 2.16. The number of ketones is 1. The van der Waals surface area contributed by atoms with Crippen molar-refractivity contribution in [1.29, 1.82) is 0 Å². The van der Waals surface area contributed by atoms with E-state index in [1.165, 1.54) is 6.08 Å². The summed E-state index contributed by atoms with van der Waals surface area (Å²) in [6.07, 6.45) is 7.26. The fraction of sp³-hybridized carbons (Fsp3) is 0. The summed E-state index contributed by atoms with van der Waals surface area (Å²) in [5.74, 6) is -0.0464. The molecule has 3 aromatic rings. The van der Waals surface area contributed by atoms with Crippen molar-refractivity contribution in [2.24, 2.45) is 0 Å². The Kier molecular flexibility index (Phi) is 4.78. The Bertz CT molecular complexity index is 949. The molecule has 0 heterocycles. The van der Waals surface area contributed by atoms with Gasteiger partial charge in [-0.25, -0.2) is 0 Å². The number of aldehydes is 1. The minimum absolute atomic E-state index is 0.0464. The minimum Gasteiger partial charge on any atom is -0.299 e. The highest BCUT2D eigenvalue weighted by atomic mass is 16.1. The van der Waals surface area contributed by atoms with Gasteiger partial charge in [-0.1, -0.05) is 72.8 Å². The van der Waals surface area contributed by atoms with E-state index in [-0.39, 0.29) is 5.78 Å². The molecule has 116 valence electrons. The highest BCUT2D eigenvalue weighted by Gasteiger charge is 2.03. The smallest absolute Gasteiger partial charge is 0.185 e. The van der Waals surface area contributed by atoms with Crippen LogP contribution in [0.4, 0.5) is 0 Å². The summed E-state index contributed by atoms with van der Waals surface area (Å²) in [7, 11) is 0. The van der Waals surface area contributed by atoms with Crippen LogP contribution in [0.3, 0.4) is 0 Å². The number of fused-ring (bicyclic) bond motifs is 1. The van der Waals surface area contributed by atoms with E-state index in [9.17, 15) is 9.59 Å². The van der Waals surface area contributed by atoms with E-state index in [1.807, 2.05) is 66.7 Å². The van der Waals surface area contributed by atoms with Crippen LogP contribution in [-0.2, 0) is 4.79 Å². The molecule has 0 aliphatic heterocycles. The number of hydrogen-bond donors (Lipinski definition) is 0. The monoisotopic (exact) mass is 312 g/mol. The van der Waals surface area contributed by atoms with Crippen LogP contribution in [0.2, 0.25) is 0 Å². The predicted molar refractivity (Wildman–Crippen MR) is 98.9 cm³/mol. The van der Waals surface area contributed by atoms with Gasteiger partial charge >= 0.3 is 0 Å². The molecule has 0 unspecified atom stereocenters. The third kappa shape index (κ3) is 3.55. The molecule has 3 rings (SSSR count). The van der Waals surface area contributed by atoms with Crippen molar-refractivity contribution in [3.63, 3.8) is 0 Å². The molecule has 0 spiro atoms. The molecule has 0 atom stereocenters. The van der Waals surface area contributed by atoms with Gasteiger partial charge < -0.3 is 0 Å².